The summed E-state index contributed by atoms with van der Waals surface area (Å²) in [6, 6.07) is 13.1. The molecule has 0 bridgehead atoms. The number of nitrogens with zero attached hydrogens (tertiary/aromatic N) is 2. The van der Waals surface area contributed by atoms with E-state index in [1.807, 2.05) is 12.1 Å². The van der Waals surface area contributed by atoms with Crippen LogP contribution in [0.1, 0.15) is 5.56 Å². The van der Waals surface area contributed by atoms with Gasteiger partial charge in [0.2, 0.25) is 0 Å². The van der Waals surface area contributed by atoms with Crippen molar-refractivity contribution >= 4 is 26.6 Å². The predicted octanol–water partition coefficient (Wildman–Crippen LogP) is 2.24. The van der Waals surface area contributed by atoms with Gasteiger partial charge in [-0.15, -0.1) is 0 Å². The molecule has 0 aliphatic carbocycles. The highest BCUT2D eigenvalue weighted by Crippen LogP contribution is 2.24. The van der Waals surface area contributed by atoms with Gasteiger partial charge in [0.25, 0.3) is 10.0 Å². The van der Waals surface area contributed by atoms with E-state index in [9.17, 15) is 8.42 Å². The average molecular weight is 298 g/mol. The van der Waals surface area contributed by atoms with Gasteiger partial charge >= 0.3 is 0 Å². The maximum Gasteiger partial charge on any atom is 0.263 e. The SMILES string of the molecule is N#Cc1ccccc1S(=O)(=O)Nc1cccc2cn[nH]c12. The number of rotatable bonds is 3. The number of H-pyrrole nitrogens is 1. The van der Waals surface area contributed by atoms with Crippen LogP contribution in [0, 0.1) is 11.3 Å². The molecule has 0 aliphatic heterocycles. The van der Waals surface area contributed by atoms with Gasteiger partial charge in [0, 0.05) is 5.39 Å². The largest absolute Gasteiger partial charge is 0.277 e. The summed E-state index contributed by atoms with van der Waals surface area (Å²) in [6.07, 6.45) is 1.61. The molecule has 3 rings (SSSR count). The van der Waals surface area contributed by atoms with E-state index in [0.29, 0.717) is 11.2 Å². The summed E-state index contributed by atoms with van der Waals surface area (Å²) in [5.74, 6) is 0. The van der Waals surface area contributed by atoms with E-state index >= 15 is 0 Å². The van der Waals surface area contributed by atoms with Crippen molar-refractivity contribution in [3.63, 3.8) is 0 Å². The number of aromatic amines is 1. The summed E-state index contributed by atoms with van der Waals surface area (Å²) in [5, 5.41) is 16.5. The van der Waals surface area contributed by atoms with Gasteiger partial charge in [-0.1, -0.05) is 24.3 Å². The van der Waals surface area contributed by atoms with Crippen LogP contribution in [0.3, 0.4) is 0 Å². The number of aromatic nitrogens is 2. The number of nitrogens with one attached hydrogen (secondary N) is 2. The Morgan fingerprint density at radius 1 is 1.14 bits per heavy atom. The number of fused-ring (bicyclic) bond motifs is 1. The Labute approximate surface area is 121 Å². The molecule has 6 nitrogen and oxygen atoms in total. The zero-order valence-corrected chi connectivity index (χ0v) is 11.6. The lowest BCUT2D eigenvalue weighted by Crippen LogP contribution is -2.14. The van der Waals surface area contributed by atoms with Crippen molar-refractivity contribution in [1.29, 1.82) is 5.26 Å². The van der Waals surface area contributed by atoms with E-state index in [0.717, 1.165) is 5.39 Å². The van der Waals surface area contributed by atoms with Gasteiger partial charge in [0.05, 0.1) is 23.0 Å². The zero-order chi connectivity index (χ0) is 14.9. The second-order valence-corrected chi connectivity index (χ2v) is 6.00. The molecule has 104 valence electrons. The number of nitriles is 1. The van der Waals surface area contributed by atoms with Gasteiger partial charge in [0.1, 0.15) is 11.0 Å². The lowest BCUT2D eigenvalue weighted by Gasteiger charge is -2.09. The third-order valence-corrected chi connectivity index (χ3v) is 4.44. The standard InChI is InChI=1S/C14H10N4O2S/c15-8-10-4-1-2-7-13(10)21(19,20)18-12-6-3-5-11-9-16-17-14(11)12/h1-7,9,18H,(H,16,17). The molecular weight excluding hydrogens is 288 g/mol. The van der Waals surface area contributed by atoms with Crippen LogP contribution in [0.4, 0.5) is 5.69 Å². The first-order chi connectivity index (χ1) is 10.1. The van der Waals surface area contributed by atoms with E-state index < -0.39 is 10.0 Å². The Kier molecular flexibility index (Phi) is 3.08. The molecule has 21 heavy (non-hydrogen) atoms. The molecular formula is C14H10N4O2S. The lowest BCUT2D eigenvalue weighted by molar-refractivity contribution is 0.601. The summed E-state index contributed by atoms with van der Waals surface area (Å²) in [6.45, 7) is 0. The molecule has 0 saturated carbocycles. The van der Waals surface area contributed by atoms with E-state index in [2.05, 4.69) is 14.9 Å². The van der Waals surface area contributed by atoms with E-state index in [1.165, 1.54) is 12.1 Å². The van der Waals surface area contributed by atoms with Crippen LogP contribution in [0.5, 0.6) is 0 Å². The molecule has 7 heteroatoms. The minimum absolute atomic E-state index is 0.0518. The predicted molar refractivity (Wildman–Crippen MR) is 78.1 cm³/mol. The molecule has 3 aromatic rings. The fourth-order valence-electron chi connectivity index (χ4n) is 2.05. The van der Waals surface area contributed by atoms with Crippen LogP contribution in [0.2, 0.25) is 0 Å². The molecule has 0 unspecified atom stereocenters. The van der Waals surface area contributed by atoms with E-state index in [-0.39, 0.29) is 10.5 Å². The molecule has 0 spiro atoms. The first-order valence-corrected chi connectivity index (χ1v) is 7.54. The number of hydrogen-bond donors (Lipinski definition) is 2. The maximum absolute atomic E-state index is 12.5. The Morgan fingerprint density at radius 2 is 1.95 bits per heavy atom. The molecule has 0 radical (unpaired) electrons. The highest BCUT2D eigenvalue weighted by Gasteiger charge is 2.19. The van der Waals surface area contributed by atoms with Crippen LogP contribution in [-0.4, -0.2) is 18.6 Å². The van der Waals surface area contributed by atoms with Crippen LogP contribution in [-0.2, 0) is 10.0 Å². The molecule has 0 saturated heterocycles. The van der Waals surface area contributed by atoms with Gasteiger partial charge in [-0.05, 0) is 18.2 Å². The number of benzene rings is 2. The van der Waals surface area contributed by atoms with Crippen molar-refractivity contribution in [2.24, 2.45) is 0 Å². The van der Waals surface area contributed by atoms with Crippen LogP contribution >= 0.6 is 0 Å². The fraction of sp³-hybridized carbons (Fsp3) is 0. The molecule has 1 heterocycles. The smallest absolute Gasteiger partial charge is 0.263 e. The van der Waals surface area contributed by atoms with Crippen molar-refractivity contribution < 1.29 is 8.42 Å². The number of sulfonamides is 1. The average Bonchev–Trinajstić information content (AvgIpc) is 2.96. The van der Waals surface area contributed by atoms with Crippen LogP contribution < -0.4 is 4.72 Å². The van der Waals surface area contributed by atoms with Gasteiger partial charge in [0.15, 0.2) is 0 Å². The highest BCUT2D eigenvalue weighted by atomic mass is 32.2. The van der Waals surface area contributed by atoms with E-state index in [1.54, 1.807) is 30.5 Å². The third-order valence-electron chi connectivity index (χ3n) is 3.02. The highest BCUT2D eigenvalue weighted by molar-refractivity contribution is 7.92. The van der Waals surface area contributed by atoms with Crippen molar-refractivity contribution in [1.82, 2.24) is 10.2 Å². The number of para-hydroxylation sites is 1. The van der Waals surface area contributed by atoms with Gasteiger partial charge in [-0.2, -0.15) is 10.4 Å². The maximum atomic E-state index is 12.5. The molecule has 0 atom stereocenters. The van der Waals surface area contributed by atoms with Gasteiger partial charge < -0.3 is 0 Å². The normalized spacial score (nSPS) is 11.2. The molecule has 1 aromatic heterocycles. The monoisotopic (exact) mass is 298 g/mol. The second-order valence-electron chi connectivity index (χ2n) is 4.35. The summed E-state index contributed by atoms with van der Waals surface area (Å²) in [5.41, 5.74) is 1.08. The van der Waals surface area contributed by atoms with Crippen LogP contribution in [0.15, 0.2) is 53.6 Å². The lowest BCUT2D eigenvalue weighted by atomic mass is 10.2. The summed E-state index contributed by atoms with van der Waals surface area (Å²) in [4.78, 5) is -0.0518. The minimum atomic E-state index is -3.85. The Bertz CT molecular complexity index is 954. The first kappa shape index (κ1) is 13.1. The van der Waals surface area contributed by atoms with Crippen molar-refractivity contribution in [2.45, 2.75) is 4.90 Å². The fourth-order valence-corrected chi connectivity index (χ4v) is 3.28. The first-order valence-electron chi connectivity index (χ1n) is 6.06. The Hall–Kier alpha value is -2.85. The number of hydrogen-bond acceptors (Lipinski definition) is 4. The van der Waals surface area contributed by atoms with Crippen molar-refractivity contribution in [2.75, 3.05) is 4.72 Å². The summed E-state index contributed by atoms with van der Waals surface area (Å²) < 4.78 is 27.4. The Balaban J connectivity index is 2.08. The zero-order valence-electron chi connectivity index (χ0n) is 10.7. The molecule has 2 aromatic carbocycles. The topological polar surface area (TPSA) is 98.6 Å². The second kappa shape index (κ2) is 4.92. The van der Waals surface area contributed by atoms with Crippen LogP contribution in [0.25, 0.3) is 10.9 Å². The third kappa shape index (κ3) is 2.32. The molecule has 0 amide bonds. The van der Waals surface area contributed by atoms with Gasteiger partial charge in [-0.25, -0.2) is 8.42 Å². The molecule has 2 N–H and O–H groups in total. The number of anilines is 1. The molecule has 0 fully saturated rings. The summed E-state index contributed by atoms with van der Waals surface area (Å²) >= 11 is 0. The van der Waals surface area contributed by atoms with Crippen molar-refractivity contribution in [3.05, 3.63) is 54.2 Å². The van der Waals surface area contributed by atoms with Crippen molar-refractivity contribution in [3.8, 4) is 6.07 Å². The molecule has 0 aliphatic rings. The van der Waals surface area contributed by atoms with Gasteiger partial charge in [-0.3, -0.25) is 9.82 Å². The quantitative estimate of drug-likeness (QED) is 0.774. The van der Waals surface area contributed by atoms with E-state index in [4.69, 9.17) is 5.26 Å². The Morgan fingerprint density at radius 3 is 2.76 bits per heavy atom. The summed E-state index contributed by atoms with van der Waals surface area (Å²) in [7, 11) is -3.85. The minimum Gasteiger partial charge on any atom is -0.277 e.